The number of amides is 1. The molecule has 3 rings (SSSR count). The Hall–Kier alpha value is -1.57. The maximum Gasteiger partial charge on any atom is 0.410 e. The fourth-order valence-electron chi connectivity index (χ4n) is 3.33. The van der Waals surface area contributed by atoms with Crippen LogP contribution in [0.3, 0.4) is 0 Å². The van der Waals surface area contributed by atoms with Crippen molar-refractivity contribution in [3.8, 4) is 0 Å². The van der Waals surface area contributed by atoms with Gasteiger partial charge in [-0.2, -0.15) is 5.10 Å². The third-order valence-corrected chi connectivity index (χ3v) is 5.30. The lowest BCUT2D eigenvalue weighted by Gasteiger charge is -2.25. The third kappa shape index (κ3) is 3.83. The Balaban J connectivity index is 1.73. The van der Waals surface area contributed by atoms with E-state index in [9.17, 15) is 9.59 Å². The van der Waals surface area contributed by atoms with Crippen LogP contribution in [-0.4, -0.2) is 51.8 Å². The number of anilines is 1. The molecular weight excluding hydrogens is 388 g/mol. The number of hydrogen-bond acceptors (Lipinski definition) is 5. The summed E-state index contributed by atoms with van der Waals surface area (Å²) in [6.07, 6.45) is 1.25. The Kier molecular flexibility index (Phi) is 4.83. The highest BCUT2D eigenvalue weighted by atomic mass is 79.9. The quantitative estimate of drug-likeness (QED) is 0.807. The van der Waals surface area contributed by atoms with Gasteiger partial charge < -0.3 is 15.0 Å². The summed E-state index contributed by atoms with van der Waals surface area (Å²) in [5.41, 5.74) is 0.550. The van der Waals surface area contributed by atoms with Crippen molar-refractivity contribution in [2.75, 3.05) is 25.0 Å². The average molecular weight is 413 g/mol. The Bertz CT molecular complexity index is 695. The summed E-state index contributed by atoms with van der Waals surface area (Å²) in [6, 6.07) is 0.106. The van der Waals surface area contributed by atoms with Gasteiger partial charge in [0.15, 0.2) is 0 Å². The molecule has 138 valence electrons. The van der Waals surface area contributed by atoms with E-state index in [1.54, 1.807) is 11.8 Å². The molecule has 1 saturated heterocycles. The van der Waals surface area contributed by atoms with Gasteiger partial charge in [-0.15, -0.1) is 0 Å². The van der Waals surface area contributed by atoms with Crippen LogP contribution in [0.25, 0.3) is 0 Å². The number of carbonyl (C=O) groups is 2. The SMILES string of the molecule is CC(=O)C1CNc2c(c(Br)nn2C2CCN(C(=O)OC(C)(C)C)C2)C1. The van der Waals surface area contributed by atoms with Gasteiger partial charge in [0, 0.05) is 31.1 Å². The first-order valence-electron chi connectivity index (χ1n) is 8.65. The van der Waals surface area contributed by atoms with Crippen LogP contribution < -0.4 is 5.32 Å². The number of halogens is 1. The summed E-state index contributed by atoms with van der Waals surface area (Å²) in [5.74, 6) is 1.14. The van der Waals surface area contributed by atoms with Gasteiger partial charge in [0.1, 0.15) is 21.8 Å². The minimum Gasteiger partial charge on any atom is -0.444 e. The zero-order valence-corrected chi connectivity index (χ0v) is 16.7. The normalized spacial score (nSPS) is 23.2. The molecule has 0 saturated carbocycles. The average Bonchev–Trinajstić information content (AvgIpc) is 3.10. The van der Waals surface area contributed by atoms with Gasteiger partial charge >= 0.3 is 6.09 Å². The summed E-state index contributed by atoms with van der Waals surface area (Å²) in [4.78, 5) is 25.7. The molecule has 2 aliphatic heterocycles. The van der Waals surface area contributed by atoms with Crippen LogP contribution in [0.4, 0.5) is 10.6 Å². The van der Waals surface area contributed by atoms with Crippen molar-refractivity contribution in [3.05, 3.63) is 10.2 Å². The van der Waals surface area contributed by atoms with Crippen molar-refractivity contribution < 1.29 is 14.3 Å². The molecular formula is C17H25BrN4O3. The number of ether oxygens (including phenoxy) is 1. The monoisotopic (exact) mass is 412 g/mol. The second kappa shape index (κ2) is 6.63. The van der Waals surface area contributed by atoms with Crippen molar-refractivity contribution in [2.45, 2.75) is 52.2 Å². The number of rotatable bonds is 2. The Labute approximate surface area is 156 Å². The highest BCUT2D eigenvalue weighted by molar-refractivity contribution is 9.10. The molecule has 0 spiro atoms. The number of hydrogen-bond donors (Lipinski definition) is 1. The van der Waals surface area contributed by atoms with Gasteiger partial charge in [-0.1, -0.05) is 0 Å². The molecule has 2 unspecified atom stereocenters. The second-order valence-corrected chi connectivity index (χ2v) is 8.58. The molecule has 7 nitrogen and oxygen atoms in total. The van der Waals surface area contributed by atoms with E-state index in [1.165, 1.54) is 0 Å². The van der Waals surface area contributed by atoms with Crippen LogP contribution in [0.2, 0.25) is 0 Å². The van der Waals surface area contributed by atoms with E-state index in [1.807, 2.05) is 25.5 Å². The number of Topliss-reactive ketones (excluding diaryl/α,β-unsaturated/α-hetero) is 1. The summed E-state index contributed by atoms with van der Waals surface area (Å²) in [7, 11) is 0. The second-order valence-electron chi connectivity index (χ2n) is 7.82. The molecule has 25 heavy (non-hydrogen) atoms. The van der Waals surface area contributed by atoms with Crippen LogP contribution >= 0.6 is 15.9 Å². The zero-order chi connectivity index (χ0) is 18.4. The molecule has 0 bridgehead atoms. The lowest BCUT2D eigenvalue weighted by Crippen LogP contribution is -2.35. The van der Waals surface area contributed by atoms with E-state index in [0.717, 1.165) is 22.4 Å². The highest BCUT2D eigenvalue weighted by Gasteiger charge is 2.35. The van der Waals surface area contributed by atoms with Gasteiger partial charge in [0.05, 0.1) is 6.04 Å². The van der Waals surface area contributed by atoms with Crippen LogP contribution in [0.5, 0.6) is 0 Å². The Morgan fingerprint density at radius 1 is 1.36 bits per heavy atom. The largest absolute Gasteiger partial charge is 0.444 e. The van der Waals surface area contributed by atoms with Gasteiger partial charge in [-0.05, 0) is 56.5 Å². The number of nitrogens with zero attached hydrogens (tertiary/aromatic N) is 3. The first-order chi connectivity index (χ1) is 11.7. The van der Waals surface area contributed by atoms with Crippen LogP contribution in [0.1, 0.15) is 45.7 Å². The van der Waals surface area contributed by atoms with E-state index < -0.39 is 5.60 Å². The van der Waals surface area contributed by atoms with Crippen molar-refractivity contribution in [2.24, 2.45) is 5.92 Å². The number of ketones is 1. The lowest BCUT2D eigenvalue weighted by molar-refractivity contribution is -0.120. The van der Waals surface area contributed by atoms with Crippen LogP contribution in [0, 0.1) is 5.92 Å². The zero-order valence-electron chi connectivity index (χ0n) is 15.1. The molecule has 1 aromatic rings. The van der Waals surface area contributed by atoms with Gasteiger partial charge in [-0.25, -0.2) is 9.48 Å². The molecule has 3 heterocycles. The van der Waals surface area contributed by atoms with Gasteiger partial charge in [-0.3, -0.25) is 4.79 Å². The molecule has 0 aromatic carbocycles. The summed E-state index contributed by atoms with van der Waals surface area (Å²) in [5, 5.41) is 7.97. The molecule has 1 N–H and O–H groups in total. The van der Waals surface area contributed by atoms with Crippen molar-refractivity contribution in [1.29, 1.82) is 0 Å². The van der Waals surface area contributed by atoms with Gasteiger partial charge in [0.25, 0.3) is 0 Å². The fourth-order valence-corrected chi connectivity index (χ4v) is 3.85. The molecule has 2 aliphatic rings. The maximum atomic E-state index is 12.3. The molecule has 2 atom stereocenters. The molecule has 0 radical (unpaired) electrons. The number of nitrogens with one attached hydrogen (secondary N) is 1. The molecule has 1 amide bonds. The topological polar surface area (TPSA) is 76.5 Å². The summed E-state index contributed by atoms with van der Waals surface area (Å²) in [6.45, 7) is 9.10. The summed E-state index contributed by atoms with van der Waals surface area (Å²) < 4.78 is 8.19. The van der Waals surface area contributed by atoms with E-state index in [4.69, 9.17) is 4.74 Å². The van der Waals surface area contributed by atoms with Crippen molar-refractivity contribution >= 4 is 33.6 Å². The fraction of sp³-hybridized carbons (Fsp3) is 0.706. The highest BCUT2D eigenvalue weighted by Crippen LogP contribution is 2.35. The van der Waals surface area contributed by atoms with E-state index in [0.29, 0.717) is 26.1 Å². The first kappa shape index (κ1) is 18.2. The van der Waals surface area contributed by atoms with E-state index >= 15 is 0 Å². The van der Waals surface area contributed by atoms with Gasteiger partial charge in [0.2, 0.25) is 0 Å². The Morgan fingerprint density at radius 2 is 2.08 bits per heavy atom. The van der Waals surface area contributed by atoms with E-state index in [-0.39, 0.29) is 23.8 Å². The molecule has 1 fully saturated rings. The number of likely N-dealkylation sites (tertiary alicyclic amines) is 1. The minimum absolute atomic E-state index is 0.0108. The first-order valence-corrected chi connectivity index (χ1v) is 9.44. The molecule has 8 heteroatoms. The Morgan fingerprint density at radius 3 is 2.72 bits per heavy atom. The smallest absolute Gasteiger partial charge is 0.410 e. The van der Waals surface area contributed by atoms with E-state index in [2.05, 4.69) is 26.3 Å². The predicted molar refractivity (Wildman–Crippen MR) is 97.8 cm³/mol. The summed E-state index contributed by atoms with van der Waals surface area (Å²) >= 11 is 3.52. The lowest BCUT2D eigenvalue weighted by atomic mass is 9.94. The number of aromatic nitrogens is 2. The minimum atomic E-state index is -0.494. The molecule has 0 aliphatic carbocycles. The number of carbonyl (C=O) groups excluding carboxylic acids is 2. The maximum absolute atomic E-state index is 12.3. The number of fused-ring (bicyclic) bond motifs is 1. The molecule has 1 aromatic heterocycles. The predicted octanol–water partition coefficient (Wildman–Crippen LogP) is 3.00. The van der Waals surface area contributed by atoms with Crippen LogP contribution in [0.15, 0.2) is 4.60 Å². The van der Waals surface area contributed by atoms with Crippen LogP contribution in [-0.2, 0) is 16.0 Å². The third-order valence-electron chi connectivity index (χ3n) is 4.66. The van der Waals surface area contributed by atoms with Crippen molar-refractivity contribution in [1.82, 2.24) is 14.7 Å². The van der Waals surface area contributed by atoms with Crippen molar-refractivity contribution in [3.63, 3.8) is 0 Å². The standard InChI is InChI=1S/C17H25BrN4O3/c1-10(23)11-7-13-14(18)20-22(15(13)19-8-11)12-5-6-21(9-12)16(24)25-17(2,3)4/h11-12,19H,5-9H2,1-4H3.